The van der Waals surface area contributed by atoms with Crippen LogP contribution in [0.1, 0.15) is 37.0 Å². The second-order valence-electron chi connectivity index (χ2n) is 4.71. The Morgan fingerprint density at radius 3 is 2.47 bits per heavy atom. The van der Waals surface area contributed by atoms with Gasteiger partial charge in [0, 0.05) is 17.0 Å². The van der Waals surface area contributed by atoms with Gasteiger partial charge in [0.05, 0.1) is 12.2 Å². The standard InChI is InChI=1S/C14H20ClNO3/c1-3-14(4-2,9-17)8-16-13(19)11-6-5-10(15)7-12(11)18/h5-7,17-18H,3-4,8-9H2,1-2H3,(H,16,19). The van der Waals surface area contributed by atoms with E-state index in [-0.39, 0.29) is 29.2 Å². The summed E-state index contributed by atoms with van der Waals surface area (Å²) in [7, 11) is 0. The fourth-order valence-corrected chi connectivity index (χ4v) is 2.01. The number of hydrogen-bond donors (Lipinski definition) is 3. The van der Waals surface area contributed by atoms with Gasteiger partial charge in [-0.05, 0) is 31.0 Å². The normalized spacial score (nSPS) is 11.4. The molecule has 0 aromatic heterocycles. The predicted octanol–water partition coefficient (Wildman–Crippen LogP) is 2.57. The molecule has 0 bridgehead atoms. The molecule has 1 amide bonds. The van der Waals surface area contributed by atoms with Crippen LogP contribution in [-0.4, -0.2) is 29.3 Å². The highest BCUT2D eigenvalue weighted by Gasteiger charge is 2.26. The molecule has 0 radical (unpaired) electrons. The first kappa shape index (κ1) is 15.8. The lowest BCUT2D eigenvalue weighted by atomic mass is 9.83. The zero-order valence-electron chi connectivity index (χ0n) is 11.2. The Bertz CT molecular complexity index is 436. The Hall–Kier alpha value is -1.26. The van der Waals surface area contributed by atoms with E-state index in [4.69, 9.17) is 11.6 Å². The van der Waals surface area contributed by atoms with Crippen LogP contribution in [0.15, 0.2) is 18.2 Å². The van der Waals surface area contributed by atoms with Crippen LogP contribution in [0.3, 0.4) is 0 Å². The number of nitrogens with one attached hydrogen (secondary N) is 1. The average molecular weight is 286 g/mol. The Kier molecular flexibility index (Phi) is 5.63. The van der Waals surface area contributed by atoms with Gasteiger partial charge in [-0.1, -0.05) is 25.4 Å². The van der Waals surface area contributed by atoms with Crippen molar-refractivity contribution >= 4 is 17.5 Å². The Labute approximate surface area is 118 Å². The average Bonchev–Trinajstić information content (AvgIpc) is 2.40. The third-order valence-electron chi connectivity index (χ3n) is 3.66. The number of amides is 1. The van der Waals surface area contributed by atoms with E-state index >= 15 is 0 Å². The van der Waals surface area contributed by atoms with Gasteiger partial charge < -0.3 is 15.5 Å². The summed E-state index contributed by atoms with van der Waals surface area (Å²) in [4.78, 5) is 12.0. The van der Waals surface area contributed by atoms with Crippen LogP contribution < -0.4 is 5.32 Å². The lowest BCUT2D eigenvalue weighted by Crippen LogP contribution is -2.39. The van der Waals surface area contributed by atoms with E-state index in [0.717, 1.165) is 12.8 Å². The minimum absolute atomic E-state index is 0.0207. The van der Waals surface area contributed by atoms with Gasteiger partial charge in [-0.15, -0.1) is 0 Å². The Morgan fingerprint density at radius 1 is 1.37 bits per heavy atom. The molecule has 0 fully saturated rings. The van der Waals surface area contributed by atoms with Crippen molar-refractivity contribution in [3.05, 3.63) is 28.8 Å². The molecule has 4 nitrogen and oxygen atoms in total. The molecule has 0 heterocycles. The van der Waals surface area contributed by atoms with Crippen molar-refractivity contribution in [2.45, 2.75) is 26.7 Å². The number of rotatable bonds is 6. The van der Waals surface area contributed by atoms with E-state index in [1.807, 2.05) is 13.8 Å². The highest BCUT2D eigenvalue weighted by molar-refractivity contribution is 6.30. The maximum absolute atomic E-state index is 12.0. The van der Waals surface area contributed by atoms with Gasteiger partial charge in [0.15, 0.2) is 0 Å². The van der Waals surface area contributed by atoms with Crippen molar-refractivity contribution in [1.29, 1.82) is 0 Å². The van der Waals surface area contributed by atoms with Crippen LogP contribution in [0.4, 0.5) is 0 Å². The lowest BCUT2D eigenvalue weighted by Gasteiger charge is -2.29. The molecule has 1 rings (SSSR count). The van der Waals surface area contributed by atoms with Crippen molar-refractivity contribution < 1.29 is 15.0 Å². The number of aromatic hydroxyl groups is 1. The molecular formula is C14H20ClNO3. The van der Waals surface area contributed by atoms with Crippen molar-refractivity contribution in [3.8, 4) is 5.75 Å². The predicted molar refractivity (Wildman–Crippen MR) is 75.6 cm³/mol. The van der Waals surface area contributed by atoms with Gasteiger partial charge >= 0.3 is 0 Å². The maximum Gasteiger partial charge on any atom is 0.255 e. The van der Waals surface area contributed by atoms with Gasteiger partial charge in [0.1, 0.15) is 5.75 Å². The quantitative estimate of drug-likeness (QED) is 0.752. The number of aliphatic hydroxyl groups excluding tert-OH is 1. The number of phenolic OH excluding ortho intramolecular Hbond substituents is 1. The number of carbonyl (C=O) groups is 1. The van der Waals surface area contributed by atoms with E-state index in [9.17, 15) is 15.0 Å². The highest BCUT2D eigenvalue weighted by atomic mass is 35.5. The van der Waals surface area contributed by atoms with Gasteiger partial charge in [0.25, 0.3) is 5.91 Å². The molecule has 0 spiro atoms. The maximum atomic E-state index is 12.0. The summed E-state index contributed by atoms with van der Waals surface area (Å²) in [6.07, 6.45) is 1.54. The molecule has 0 aliphatic rings. The summed E-state index contributed by atoms with van der Waals surface area (Å²) < 4.78 is 0. The lowest BCUT2D eigenvalue weighted by molar-refractivity contribution is 0.0849. The third-order valence-corrected chi connectivity index (χ3v) is 3.90. The number of halogens is 1. The van der Waals surface area contributed by atoms with Crippen LogP contribution >= 0.6 is 11.6 Å². The van der Waals surface area contributed by atoms with Crippen molar-refractivity contribution in [1.82, 2.24) is 5.32 Å². The molecule has 106 valence electrons. The number of hydrogen-bond acceptors (Lipinski definition) is 3. The first-order valence-corrected chi connectivity index (χ1v) is 6.73. The molecule has 0 saturated heterocycles. The summed E-state index contributed by atoms with van der Waals surface area (Å²) in [5.74, 6) is -0.513. The third kappa shape index (κ3) is 3.85. The summed E-state index contributed by atoms with van der Waals surface area (Å²) >= 11 is 5.71. The number of aliphatic hydroxyl groups is 1. The highest BCUT2D eigenvalue weighted by Crippen LogP contribution is 2.25. The fourth-order valence-electron chi connectivity index (χ4n) is 1.84. The number of carbonyl (C=O) groups excluding carboxylic acids is 1. The van der Waals surface area contributed by atoms with Gasteiger partial charge in [-0.25, -0.2) is 0 Å². The van der Waals surface area contributed by atoms with Gasteiger partial charge in [0.2, 0.25) is 0 Å². The van der Waals surface area contributed by atoms with E-state index in [1.165, 1.54) is 12.1 Å². The smallest absolute Gasteiger partial charge is 0.255 e. The summed E-state index contributed by atoms with van der Waals surface area (Å²) in [5.41, 5.74) is -0.124. The minimum Gasteiger partial charge on any atom is -0.507 e. The summed E-state index contributed by atoms with van der Waals surface area (Å²) in [5, 5.41) is 22.2. The molecular weight excluding hydrogens is 266 g/mol. The van der Waals surface area contributed by atoms with Crippen LogP contribution in [0, 0.1) is 5.41 Å². The molecule has 1 aromatic carbocycles. The van der Waals surface area contributed by atoms with Crippen LogP contribution in [0.25, 0.3) is 0 Å². The van der Waals surface area contributed by atoms with E-state index in [0.29, 0.717) is 11.6 Å². The van der Waals surface area contributed by atoms with Crippen LogP contribution in [0.2, 0.25) is 5.02 Å². The first-order valence-electron chi connectivity index (χ1n) is 6.35. The second kappa shape index (κ2) is 6.78. The number of benzene rings is 1. The molecule has 0 aliphatic carbocycles. The fraction of sp³-hybridized carbons (Fsp3) is 0.500. The Balaban J connectivity index is 2.75. The molecule has 0 aliphatic heterocycles. The SMILES string of the molecule is CCC(CC)(CO)CNC(=O)c1ccc(Cl)cc1O. The largest absolute Gasteiger partial charge is 0.507 e. The molecule has 0 unspecified atom stereocenters. The molecule has 19 heavy (non-hydrogen) atoms. The van der Waals surface area contributed by atoms with Crippen LogP contribution in [-0.2, 0) is 0 Å². The number of phenols is 1. The molecule has 1 aromatic rings. The summed E-state index contributed by atoms with van der Waals surface area (Å²) in [6, 6.07) is 4.36. The van der Waals surface area contributed by atoms with Crippen molar-refractivity contribution in [2.75, 3.05) is 13.2 Å². The zero-order valence-corrected chi connectivity index (χ0v) is 12.0. The molecule has 0 atom stereocenters. The topological polar surface area (TPSA) is 69.6 Å². The van der Waals surface area contributed by atoms with E-state index in [2.05, 4.69) is 5.32 Å². The van der Waals surface area contributed by atoms with E-state index in [1.54, 1.807) is 6.07 Å². The first-order chi connectivity index (χ1) is 8.98. The monoisotopic (exact) mass is 285 g/mol. The summed E-state index contributed by atoms with van der Waals surface area (Å²) in [6.45, 7) is 4.35. The van der Waals surface area contributed by atoms with E-state index < -0.39 is 0 Å². The van der Waals surface area contributed by atoms with Crippen molar-refractivity contribution in [3.63, 3.8) is 0 Å². The molecule has 0 saturated carbocycles. The Morgan fingerprint density at radius 2 is 2.00 bits per heavy atom. The van der Waals surface area contributed by atoms with Gasteiger partial charge in [-0.3, -0.25) is 4.79 Å². The zero-order chi connectivity index (χ0) is 14.5. The van der Waals surface area contributed by atoms with Crippen molar-refractivity contribution in [2.24, 2.45) is 5.41 Å². The second-order valence-corrected chi connectivity index (χ2v) is 5.15. The molecule has 5 heteroatoms. The van der Waals surface area contributed by atoms with Crippen LogP contribution in [0.5, 0.6) is 5.75 Å². The minimum atomic E-state index is -0.367. The molecule has 3 N–H and O–H groups in total. The van der Waals surface area contributed by atoms with Gasteiger partial charge in [-0.2, -0.15) is 0 Å².